The van der Waals surface area contributed by atoms with Crippen molar-refractivity contribution in [2.24, 2.45) is 0 Å². The van der Waals surface area contributed by atoms with Crippen LogP contribution in [0.5, 0.6) is 5.75 Å². The van der Waals surface area contributed by atoms with Crippen molar-refractivity contribution in [2.75, 3.05) is 25.6 Å². The number of amides is 2. The topological polar surface area (TPSA) is 89.8 Å². The van der Waals surface area contributed by atoms with Crippen molar-refractivity contribution < 1.29 is 36.7 Å². The van der Waals surface area contributed by atoms with Crippen LogP contribution >= 0.6 is 0 Å². The zero-order valence-corrected chi connectivity index (χ0v) is 15.1. The first-order valence-electron chi connectivity index (χ1n) is 8.20. The lowest BCUT2D eigenvalue weighted by Crippen LogP contribution is -2.41. The van der Waals surface area contributed by atoms with Crippen LogP contribution in [0.1, 0.15) is 23.0 Å². The molecule has 2 rings (SSSR count). The Hall–Kier alpha value is -3.01. The molecule has 0 radical (unpaired) electrons. The van der Waals surface area contributed by atoms with Gasteiger partial charge < -0.3 is 24.5 Å². The molecule has 0 aliphatic heterocycles. The minimum atomic E-state index is -4.59. The predicted molar refractivity (Wildman–Crippen MR) is 93.1 cm³/mol. The van der Waals surface area contributed by atoms with Gasteiger partial charge in [-0.1, -0.05) is 0 Å². The summed E-state index contributed by atoms with van der Waals surface area (Å²) in [5.41, 5.74) is -1.12. The third-order valence-corrected chi connectivity index (χ3v) is 3.60. The Morgan fingerprint density at radius 1 is 1.21 bits per heavy atom. The van der Waals surface area contributed by atoms with E-state index in [1.807, 2.05) is 0 Å². The number of carbonyl (C=O) groups excluding carboxylic acids is 2. The van der Waals surface area contributed by atoms with Crippen LogP contribution in [0, 0.1) is 0 Å². The predicted octanol–water partition coefficient (Wildman–Crippen LogP) is 3.08. The highest BCUT2D eigenvalue weighted by Crippen LogP contribution is 2.35. The molecule has 0 saturated heterocycles. The van der Waals surface area contributed by atoms with Crippen LogP contribution in [0.3, 0.4) is 0 Å². The molecule has 152 valence electrons. The van der Waals surface area contributed by atoms with Gasteiger partial charge in [0.2, 0.25) is 5.91 Å². The van der Waals surface area contributed by atoms with Crippen molar-refractivity contribution in [2.45, 2.75) is 19.1 Å². The van der Waals surface area contributed by atoms with Gasteiger partial charge in [0.15, 0.2) is 5.76 Å². The molecule has 0 spiro atoms. The Morgan fingerprint density at radius 2 is 1.96 bits per heavy atom. The van der Waals surface area contributed by atoms with Crippen molar-refractivity contribution in [3.8, 4) is 5.75 Å². The van der Waals surface area contributed by atoms with E-state index < -0.39 is 29.6 Å². The number of furan rings is 1. The Bertz CT molecular complexity index is 806. The third-order valence-electron chi connectivity index (χ3n) is 3.60. The smallest absolute Gasteiger partial charge is 0.416 e. The number of benzene rings is 1. The van der Waals surface area contributed by atoms with Gasteiger partial charge in [0.1, 0.15) is 18.4 Å². The van der Waals surface area contributed by atoms with Crippen molar-refractivity contribution in [1.82, 2.24) is 5.32 Å². The molecule has 0 bridgehead atoms. The number of hydrogen-bond donors (Lipinski definition) is 2. The van der Waals surface area contributed by atoms with E-state index in [0.717, 1.165) is 18.2 Å². The van der Waals surface area contributed by atoms with Crippen LogP contribution in [0.15, 0.2) is 41.0 Å². The molecule has 1 unspecified atom stereocenters. The van der Waals surface area contributed by atoms with E-state index in [1.54, 1.807) is 0 Å². The molecule has 0 aliphatic carbocycles. The summed E-state index contributed by atoms with van der Waals surface area (Å²) >= 11 is 0. The summed E-state index contributed by atoms with van der Waals surface area (Å²) in [6.45, 7) is 1.68. The molecule has 0 aliphatic rings. The van der Waals surface area contributed by atoms with Gasteiger partial charge >= 0.3 is 6.18 Å². The maximum atomic E-state index is 13.0. The molecule has 0 saturated carbocycles. The van der Waals surface area contributed by atoms with E-state index in [1.165, 1.54) is 32.4 Å². The van der Waals surface area contributed by atoms with Crippen molar-refractivity contribution in [3.63, 3.8) is 0 Å². The van der Waals surface area contributed by atoms with E-state index in [0.29, 0.717) is 0 Å². The lowest BCUT2D eigenvalue weighted by molar-refractivity contribution is -0.137. The number of ether oxygens (including phenoxy) is 2. The maximum absolute atomic E-state index is 13.0. The number of methoxy groups -OCH3 is 1. The maximum Gasteiger partial charge on any atom is 0.416 e. The van der Waals surface area contributed by atoms with E-state index in [2.05, 4.69) is 10.6 Å². The Balaban J connectivity index is 2.14. The lowest BCUT2D eigenvalue weighted by atomic mass is 10.1. The lowest BCUT2D eigenvalue weighted by Gasteiger charge is -2.17. The van der Waals surface area contributed by atoms with Crippen LogP contribution in [0.2, 0.25) is 0 Å². The minimum Gasteiger partial charge on any atom is -0.489 e. The number of halogens is 3. The van der Waals surface area contributed by atoms with Gasteiger partial charge in [0.25, 0.3) is 5.91 Å². The van der Waals surface area contributed by atoms with Gasteiger partial charge in [-0.3, -0.25) is 9.59 Å². The number of carbonyl (C=O) groups is 2. The summed E-state index contributed by atoms with van der Waals surface area (Å²) in [5, 5.41) is 4.74. The summed E-state index contributed by atoms with van der Waals surface area (Å²) < 4.78 is 54.1. The van der Waals surface area contributed by atoms with Crippen LogP contribution in [0.4, 0.5) is 18.9 Å². The average Bonchev–Trinajstić information content (AvgIpc) is 3.17. The zero-order valence-electron chi connectivity index (χ0n) is 15.1. The van der Waals surface area contributed by atoms with Crippen LogP contribution in [-0.2, 0) is 15.7 Å². The second-order valence-corrected chi connectivity index (χ2v) is 5.71. The Morgan fingerprint density at radius 3 is 2.57 bits per heavy atom. The Labute approximate surface area is 158 Å². The third kappa shape index (κ3) is 5.74. The normalized spacial score (nSPS) is 12.3. The van der Waals surface area contributed by atoms with Crippen molar-refractivity contribution in [3.05, 3.63) is 47.9 Å². The first-order chi connectivity index (χ1) is 13.2. The highest BCUT2D eigenvalue weighted by atomic mass is 19.4. The van der Waals surface area contributed by atoms with Crippen LogP contribution in [0.25, 0.3) is 0 Å². The molecule has 1 aromatic carbocycles. The van der Waals surface area contributed by atoms with E-state index in [9.17, 15) is 22.8 Å². The van der Waals surface area contributed by atoms with Crippen molar-refractivity contribution >= 4 is 17.5 Å². The highest BCUT2D eigenvalue weighted by Gasteiger charge is 2.31. The first-order valence-corrected chi connectivity index (χ1v) is 8.20. The molecule has 10 heteroatoms. The number of rotatable bonds is 8. The average molecular weight is 400 g/mol. The fourth-order valence-corrected chi connectivity index (χ4v) is 2.15. The summed E-state index contributed by atoms with van der Waals surface area (Å²) in [6, 6.07) is 4.60. The van der Waals surface area contributed by atoms with E-state index >= 15 is 0 Å². The number of hydrogen-bond acceptors (Lipinski definition) is 5. The summed E-state index contributed by atoms with van der Waals surface area (Å²) in [6.07, 6.45) is -3.30. The quantitative estimate of drug-likeness (QED) is 0.665. The molecular weight excluding hydrogens is 381 g/mol. The molecule has 2 amide bonds. The van der Waals surface area contributed by atoms with Gasteiger partial charge in [-0.2, -0.15) is 13.2 Å². The molecule has 1 heterocycles. The molecule has 7 nitrogen and oxygen atoms in total. The number of nitrogens with one attached hydrogen (secondary N) is 2. The second-order valence-electron chi connectivity index (χ2n) is 5.71. The van der Waals surface area contributed by atoms with Crippen molar-refractivity contribution in [1.29, 1.82) is 0 Å². The largest absolute Gasteiger partial charge is 0.489 e. The van der Waals surface area contributed by atoms with Gasteiger partial charge in [-0.05, 0) is 37.3 Å². The SMILES string of the molecule is COCCOc1ccc(C(F)(F)F)cc1NC(=O)C(C)NC(=O)c1ccco1. The molecular formula is C18H19F3N2O5. The van der Waals surface area contributed by atoms with Gasteiger partial charge in [0, 0.05) is 7.11 Å². The summed E-state index contributed by atoms with van der Waals surface area (Å²) in [5.74, 6) is -1.31. The fourth-order valence-electron chi connectivity index (χ4n) is 2.15. The standard InChI is InChI=1S/C18H19F3N2O5/c1-11(22-17(25)15-4-3-7-27-15)16(24)23-13-10-12(18(19,20)21)5-6-14(13)28-9-8-26-2/h3-7,10-11H,8-9H2,1-2H3,(H,22,25)(H,23,24). The van der Waals surface area contributed by atoms with E-state index in [-0.39, 0.29) is 30.4 Å². The summed E-state index contributed by atoms with van der Waals surface area (Å²) in [4.78, 5) is 24.3. The van der Waals surface area contributed by atoms with Gasteiger partial charge in [-0.15, -0.1) is 0 Å². The molecule has 0 fully saturated rings. The fraction of sp³-hybridized carbons (Fsp3) is 0.333. The monoisotopic (exact) mass is 400 g/mol. The summed E-state index contributed by atoms with van der Waals surface area (Å²) in [7, 11) is 1.45. The Kier molecular flexibility index (Phi) is 7.05. The van der Waals surface area contributed by atoms with Gasteiger partial charge in [0.05, 0.1) is 24.1 Å². The molecule has 2 aromatic rings. The highest BCUT2D eigenvalue weighted by molar-refractivity contribution is 6.00. The van der Waals surface area contributed by atoms with E-state index in [4.69, 9.17) is 13.9 Å². The zero-order chi connectivity index (χ0) is 20.7. The molecule has 1 atom stereocenters. The molecule has 2 N–H and O–H groups in total. The number of alkyl halides is 3. The van der Waals surface area contributed by atoms with Crippen LogP contribution in [-0.4, -0.2) is 38.2 Å². The number of anilines is 1. The van der Waals surface area contributed by atoms with Crippen LogP contribution < -0.4 is 15.4 Å². The molecule has 28 heavy (non-hydrogen) atoms. The molecule has 1 aromatic heterocycles. The van der Waals surface area contributed by atoms with Gasteiger partial charge in [-0.25, -0.2) is 0 Å². The second kappa shape index (κ2) is 9.27. The first kappa shape index (κ1) is 21.3. The minimum absolute atomic E-state index is 0.00214.